The summed E-state index contributed by atoms with van der Waals surface area (Å²) in [6.45, 7) is 2.07. The van der Waals surface area contributed by atoms with E-state index in [4.69, 9.17) is 9.90 Å². The zero-order valence-electron chi connectivity index (χ0n) is 9.37. The number of hydrogen-bond donors (Lipinski definition) is 2. The van der Waals surface area contributed by atoms with Gasteiger partial charge in [-0.2, -0.15) is 13.2 Å². The van der Waals surface area contributed by atoms with Crippen LogP contribution in [-0.4, -0.2) is 42.4 Å². The fraction of sp³-hybridized carbons (Fsp3) is 0.778. The van der Waals surface area contributed by atoms with Gasteiger partial charge in [0.15, 0.2) is 0 Å². The number of rotatable bonds is 1. The first kappa shape index (κ1) is 15.7. The van der Waals surface area contributed by atoms with E-state index in [2.05, 4.69) is 17.0 Å². The van der Waals surface area contributed by atoms with Gasteiger partial charge in [-0.15, -0.1) is 0 Å². The maximum atomic E-state index is 10.9. The highest BCUT2D eigenvalue weighted by Crippen LogP contribution is 2.13. The van der Waals surface area contributed by atoms with Crippen molar-refractivity contribution in [2.45, 2.75) is 38.0 Å². The Morgan fingerprint density at radius 3 is 2.06 bits per heavy atom. The Balaban J connectivity index is 0.000000325. The summed E-state index contributed by atoms with van der Waals surface area (Å²) in [6, 6.07) is 0.407. The Bertz CT molecular complexity index is 280. The first-order valence-electron chi connectivity index (χ1n) is 4.82. The number of hydrogen-bond acceptors (Lipinski definition) is 4. The number of nitrogens with one attached hydrogen (secondary N) is 1. The SMILES string of the molecule is COC(=O)[C@@H]1CC[C@H](C)N1.O=C(O)C(F)(F)F. The molecule has 2 N–H and O–H groups in total. The lowest BCUT2D eigenvalue weighted by atomic mass is 10.2. The van der Waals surface area contributed by atoms with E-state index in [0.29, 0.717) is 6.04 Å². The lowest BCUT2D eigenvalue weighted by molar-refractivity contribution is -0.192. The van der Waals surface area contributed by atoms with Crippen LogP contribution >= 0.6 is 0 Å². The van der Waals surface area contributed by atoms with Gasteiger partial charge in [0.2, 0.25) is 0 Å². The van der Waals surface area contributed by atoms with E-state index in [1.165, 1.54) is 7.11 Å². The molecule has 1 heterocycles. The van der Waals surface area contributed by atoms with Crippen molar-refractivity contribution in [2.24, 2.45) is 0 Å². The minimum Gasteiger partial charge on any atom is -0.475 e. The highest BCUT2D eigenvalue weighted by molar-refractivity contribution is 5.76. The first-order chi connectivity index (χ1) is 7.68. The normalized spacial score (nSPS) is 23.6. The van der Waals surface area contributed by atoms with Gasteiger partial charge < -0.3 is 15.2 Å². The van der Waals surface area contributed by atoms with Crippen LogP contribution in [0.1, 0.15) is 19.8 Å². The lowest BCUT2D eigenvalue weighted by Gasteiger charge is -2.07. The lowest BCUT2D eigenvalue weighted by Crippen LogP contribution is -2.34. The summed E-state index contributed by atoms with van der Waals surface area (Å²) < 4.78 is 36.3. The van der Waals surface area contributed by atoms with Gasteiger partial charge in [0.1, 0.15) is 6.04 Å². The van der Waals surface area contributed by atoms with Gasteiger partial charge in [0, 0.05) is 6.04 Å². The average molecular weight is 257 g/mol. The molecule has 0 aromatic rings. The van der Waals surface area contributed by atoms with Crippen molar-refractivity contribution in [1.82, 2.24) is 5.32 Å². The second-order valence-electron chi connectivity index (χ2n) is 3.52. The van der Waals surface area contributed by atoms with Crippen molar-refractivity contribution in [1.29, 1.82) is 0 Å². The molecule has 5 nitrogen and oxygen atoms in total. The van der Waals surface area contributed by atoms with Gasteiger partial charge in [-0.3, -0.25) is 4.79 Å². The van der Waals surface area contributed by atoms with Crippen molar-refractivity contribution < 1.29 is 32.6 Å². The molecule has 0 saturated carbocycles. The molecular weight excluding hydrogens is 243 g/mol. The van der Waals surface area contributed by atoms with Crippen LogP contribution in [0, 0.1) is 0 Å². The molecule has 0 bridgehead atoms. The molecule has 1 fully saturated rings. The minimum absolute atomic E-state index is 0.0556. The maximum absolute atomic E-state index is 10.9. The Kier molecular flexibility index (Phi) is 5.94. The fourth-order valence-electron chi connectivity index (χ4n) is 1.25. The van der Waals surface area contributed by atoms with Crippen molar-refractivity contribution >= 4 is 11.9 Å². The molecule has 0 radical (unpaired) electrons. The van der Waals surface area contributed by atoms with E-state index in [0.717, 1.165) is 12.8 Å². The molecule has 1 rings (SSSR count). The zero-order chi connectivity index (χ0) is 13.6. The molecule has 1 aliphatic heterocycles. The smallest absolute Gasteiger partial charge is 0.475 e. The van der Waals surface area contributed by atoms with Crippen LogP contribution in [0.5, 0.6) is 0 Å². The summed E-state index contributed by atoms with van der Waals surface area (Å²) in [5.74, 6) is -2.89. The summed E-state index contributed by atoms with van der Waals surface area (Å²) >= 11 is 0. The number of methoxy groups -OCH3 is 1. The fourth-order valence-corrected chi connectivity index (χ4v) is 1.25. The van der Waals surface area contributed by atoms with Crippen molar-refractivity contribution in [3.8, 4) is 0 Å². The van der Waals surface area contributed by atoms with Crippen LogP contribution in [0.3, 0.4) is 0 Å². The Morgan fingerprint density at radius 1 is 1.35 bits per heavy atom. The third kappa shape index (κ3) is 6.10. The zero-order valence-corrected chi connectivity index (χ0v) is 9.37. The van der Waals surface area contributed by atoms with Crippen LogP contribution in [0.15, 0.2) is 0 Å². The molecule has 100 valence electrons. The molecular formula is C9H14F3NO4. The molecule has 1 aliphatic rings. The molecule has 17 heavy (non-hydrogen) atoms. The number of halogens is 3. The van der Waals surface area contributed by atoms with Crippen LogP contribution in [0.4, 0.5) is 13.2 Å². The molecule has 2 atom stereocenters. The van der Waals surface area contributed by atoms with Crippen LogP contribution < -0.4 is 5.32 Å². The molecule has 0 aliphatic carbocycles. The standard InChI is InChI=1S/C7H13NO2.C2HF3O2/c1-5-3-4-6(8-5)7(9)10-2;3-2(4,5)1(6)7/h5-6,8H,3-4H2,1-2H3;(H,6,7)/t5-,6-;/m0./s1. The van der Waals surface area contributed by atoms with Crippen LogP contribution in [0.25, 0.3) is 0 Å². The molecule has 0 amide bonds. The van der Waals surface area contributed by atoms with Gasteiger partial charge in [-0.25, -0.2) is 4.79 Å². The van der Waals surface area contributed by atoms with E-state index in [1.54, 1.807) is 0 Å². The van der Waals surface area contributed by atoms with Gasteiger partial charge >= 0.3 is 18.1 Å². The molecule has 1 saturated heterocycles. The number of carboxylic acid groups (broad SMARTS) is 1. The van der Waals surface area contributed by atoms with Gasteiger partial charge in [0.05, 0.1) is 7.11 Å². The molecule has 8 heteroatoms. The van der Waals surface area contributed by atoms with Crippen molar-refractivity contribution in [3.63, 3.8) is 0 Å². The van der Waals surface area contributed by atoms with E-state index < -0.39 is 12.1 Å². The van der Waals surface area contributed by atoms with E-state index in [-0.39, 0.29) is 12.0 Å². The maximum Gasteiger partial charge on any atom is 0.490 e. The van der Waals surface area contributed by atoms with Crippen LogP contribution in [0.2, 0.25) is 0 Å². The van der Waals surface area contributed by atoms with Gasteiger partial charge in [0.25, 0.3) is 0 Å². The predicted octanol–water partition coefficient (Wildman–Crippen LogP) is 0.933. The topological polar surface area (TPSA) is 75.6 Å². The molecule has 0 aromatic carbocycles. The number of ether oxygens (including phenoxy) is 1. The number of carboxylic acids is 1. The summed E-state index contributed by atoms with van der Waals surface area (Å²) in [5, 5.41) is 10.3. The van der Waals surface area contributed by atoms with E-state index in [1.807, 2.05) is 0 Å². The summed E-state index contributed by atoms with van der Waals surface area (Å²) in [5.41, 5.74) is 0. The molecule has 0 unspecified atom stereocenters. The predicted molar refractivity (Wildman–Crippen MR) is 51.3 cm³/mol. The summed E-state index contributed by atoms with van der Waals surface area (Å²) in [4.78, 5) is 19.8. The summed E-state index contributed by atoms with van der Waals surface area (Å²) in [7, 11) is 1.42. The van der Waals surface area contributed by atoms with Gasteiger partial charge in [-0.05, 0) is 19.8 Å². The number of carbonyl (C=O) groups is 2. The highest BCUT2D eigenvalue weighted by Gasteiger charge is 2.38. The monoisotopic (exact) mass is 257 g/mol. The van der Waals surface area contributed by atoms with Crippen molar-refractivity contribution in [2.75, 3.05) is 7.11 Å². The largest absolute Gasteiger partial charge is 0.490 e. The quantitative estimate of drug-likeness (QED) is 0.683. The minimum atomic E-state index is -5.08. The average Bonchev–Trinajstić information content (AvgIpc) is 2.63. The second-order valence-corrected chi connectivity index (χ2v) is 3.52. The van der Waals surface area contributed by atoms with Crippen molar-refractivity contribution in [3.05, 3.63) is 0 Å². The van der Waals surface area contributed by atoms with Crippen LogP contribution in [-0.2, 0) is 14.3 Å². The number of aliphatic carboxylic acids is 1. The van der Waals surface area contributed by atoms with E-state index in [9.17, 15) is 18.0 Å². The molecule has 0 spiro atoms. The number of carbonyl (C=O) groups excluding carboxylic acids is 1. The molecule has 0 aromatic heterocycles. The Morgan fingerprint density at radius 2 is 1.82 bits per heavy atom. The summed E-state index contributed by atoms with van der Waals surface area (Å²) in [6.07, 6.45) is -3.10. The number of alkyl halides is 3. The second kappa shape index (κ2) is 6.43. The van der Waals surface area contributed by atoms with E-state index >= 15 is 0 Å². The van der Waals surface area contributed by atoms with Gasteiger partial charge in [-0.1, -0.05) is 0 Å². The Labute approximate surface area is 95.9 Å². The number of esters is 1. The first-order valence-corrected chi connectivity index (χ1v) is 4.82. The highest BCUT2D eigenvalue weighted by atomic mass is 19.4. The Hall–Kier alpha value is -1.31. The third-order valence-corrected chi connectivity index (χ3v) is 2.10. The third-order valence-electron chi connectivity index (χ3n) is 2.10.